The largest absolute Gasteiger partial charge is 0.493 e. The van der Waals surface area contributed by atoms with Crippen molar-refractivity contribution in [3.05, 3.63) is 54.1 Å². The number of rotatable bonds is 8. The monoisotopic (exact) mass is 356 g/mol. The SMILES string of the molecule is COc1ccc(/C=N\OCC(=O)N(c2ccccc2)C(C)C)cc1OC. The predicted octanol–water partition coefficient (Wildman–Crippen LogP) is 3.50. The Morgan fingerprint density at radius 2 is 1.77 bits per heavy atom. The van der Waals surface area contributed by atoms with Crippen molar-refractivity contribution >= 4 is 17.8 Å². The van der Waals surface area contributed by atoms with Crippen LogP contribution in [0.5, 0.6) is 11.5 Å². The molecule has 0 saturated heterocycles. The van der Waals surface area contributed by atoms with Crippen molar-refractivity contribution in [1.82, 2.24) is 0 Å². The highest BCUT2D eigenvalue weighted by Crippen LogP contribution is 2.26. The maximum absolute atomic E-state index is 12.5. The van der Waals surface area contributed by atoms with E-state index in [0.717, 1.165) is 11.3 Å². The van der Waals surface area contributed by atoms with Gasteiger partial charge in [0.05, 0.1) is 20.4 Å². The molecule has 0 atom stereocenters. The molecule has 2 rings (SSSR count). The summed E-state index contributed by atoms with van der Waals surface area (Å²) in [5, 5.41) is 3.88. The van der Waals surface area contributed by atoms with E-state index >= 15 is 0 Å². The summed E-state index contributed by atoms with van der Waals surface area (Å²) in [5.41, 5.74) is 1.61. The van der Waals surface area contributed by atoms with E-state index in [0.29, 0.717) is 11.5 Å². The molecule has 0 saturated carbocycles. The van der Waals surface area contributed by atoms with Crippen LogP contribution < -0.4 is 14.4 Å². The Morgan fingerprint density at radius 3 is 2.38 bits per heavy atom. The van der Waals surface area contributed by atoms with Gasteiger partial charge in [0.1, 0.15) is 0 Å². The minimum Gasteiger partial charge on any atom is -0.493 e. The van der Waals surface area contributed by atoms with Crippen molar-refractivity contribution in [2.45, 2.75) is 19.9 Å². The summed E-state index contributed by atoms with van der Waals surface area (Å²) in [6.45, 7) is 3.77. The summed E-state index contributed by atoms with van der Waals surface area (Å²) >= 11 is 0. The van der Waals surface area contributed by atoms with Gasteiger partial charge in [0, 0.05) is 17.3 Å². The molecule has 0 unspecified atom stereocenters. The summed E-state index contributed by atoms with van der Waals surface area (Å²) in [6.07, 6.45) is 1.53. The third-order valence-electron chi connectivity index (χ3n) is 3.69. The van der Waals surface area contributed by atoms with E-state index in [1.165, 1.54) is 6.21 Å². The van der Waals surface area contributed by atoms with Gasteiger partial charge in [-0.25, -0.2) is 0 Å². The summed E-state index contributed by atoms with van der Waals surface area (Å²) in [7, 11) is 3.14. The number of anilines is 1. The van der Waals surface area contributed by atoms with Crippen molar-refractivity contribution in [1.29, 1.82) is 0 Å². The smallest absolute Gasteiger partial charge is 0.267 e. The molecule has 0 aliphatic heterocycles. The van der Waals surface area contributed by atoms with E-state index in [-0.39, 0.29) is 18.6 Å². The van der Waals surface area contributed by atoms with Crippen LogP contribution in [0.4, 0.5) is 5.69 Å². The van der Waals surface area contributed by atoms with Crippen LogP contribution >= 0.6 is 0 Å². The maximum Gasteiger partial charge on any atom is 0.267 e. The lowest BCUT2D eigenvalue weighted by atomic mass is 10.2. The van der Waals surface area contributed by atoms with Gasteiger partial charge in [0.25, 0.3) is 5.91 Å². The number of para-hydroxylation sites is 1. The highest BCUT2D eigenvalue weighted by Gasteiger charge is 2.19. The number of oxime groups is 1. The Kier molecular flexibility index (Phi) is 7.02. The molecule has 0 aliphatic rings. The Hall–Kier alpha value is -3.02. The van der Waals surface area contributed by atoms with E-state index in [1.807, 2.05) is 50.2 Å². The fourth-order valence-corrected chi connectivity index (χ4v) is 2.51. The van der Waals surface area contributed by atoms with E-state index in [2.05, 4.69) is 5.16 Å². The lowest BCUT2D eigenvalue weighted by Gasteiger charge is -2.26. The van der Waals surface area contributed by atoms with Crippen LogP contribution in [0.15, 0.2) is 53.7 Å². The summed E-state index contributed by atoms with van der Waals surface area (Å²) < 4.78 is 10.4. The molecule has 6 heteroatoms. The topological polar surface area (TPSA) is 60.4 Å². The van der Waals surface area contributed by atoms with Crippen LogP contribution in [0, 0.1) is 0 Å². The molecule has 0 aromatic heterocycles. The first-order chi connectivity index (χ1) is 12.6. The van der Waals surface area contributed by atoms with Crippen LogP contribution in [-0.4, -0.2) is 39.0 Å². The first-order valence-electron chi connectivity index (χ1n) is 8.31. The van der Waals surface area contributed by atoms with Crippen LogP contribution in [0.1, 0.15) is 19.4 Å². The zero-order chi connectivity index (χ0) is 18.9. The van der Waals surface area contributed by atoms with Gasteiger partial charge in [0.2, 0.25) is 0 Å². The maximum atomic E-state index is 12.5. The van der Waals surface area contributed by atoms with E-state index in [4.69, 9.17) is 14.3 Å². The third-order valence-corrected chi connectivity index (χ3v) is 3.69. The minimum atomic E-state index is -0.157. The van der Waals surface area contributed by atoms with Crippen molar-refractivity contribution in [3.63, 3.8) is 0 Å². The number of nitrogens with zero attached hydrogens (tertiary/aromatic N) is 2. The Morgan fingerprint density at radius 1 is 1.08 bits per heavy atom. The predicted molar refractivity (Wildman–Crippen MR) is 102 cm³/mol. The number of benzene rings is 2. The molecule has 2 aromatic carbocycles. The van der Waals surface area contributed by atoms with Gasteiger partial charge in [-0.3, -0.25) is 4.79 Å². The molecule has 2 aromatic rings. The summed E-state index contributed by atoms with van der Waals surface area (Å²) in [5.74, 6) is 1.08. The fourth-order valence-electron chi connectivity index (χ4n) is 2.51. The van der Waals surface area contributed by atoms with Crippen molar-refractivity contribution in [2.75, 3.05) is 25.7 Å². The molecule has 0 N–H and O–H groups in total. The zero-order valence-electron chi connectivity index (χ0n) is 15.5. The summed E-state index contributed by atoms with van der Waals surface area (Å²) in [6, 6.07) is 14.9. The van der Waals surface area contributed by atoms with Crippen molar-refractivity contribution < 1.29 is 19.1 Å². The summed E-state index contributed by atoms with van der Waals surface area (Å²) in [4.78, 5) is 19.3. The minimum absolute atomic E-state index is 0.0170. The van der Waals surface area contributed by atoms with Crippen molar-refractivity contribution in [2.24, 2.45) is 5.16 Å². The lowest BCUT2D eigenvalue weighted by molar-refractivity contribution is -0.123. The van der Waals surface area contributed by atoms with Crippen LogP contribution in [-0.2, 0) is 9.63 Å². The number of hydrogen-bond donors (Lipinski definition) is 0. The normalized spacial score (nSPS) is 10.8. The van der Waals surface area contributed by atoms with Gasteiger partial charge in [0.15, 0.2) is 18.1 Å². The molecule has 0 bridgehead atoms. The Balaban J connectivity index is 1.97. The van der Waals surface area contributed by atoms with Crippen LogP contribution in [0.2, 0.25) is 0 Å². The highest BCUT2D eigenvalue weighted by atomic mass is 16.6. The Labute approximate surface area is 154 Å². The molecular formula is C20H24N2O4. The molecular weight excluding hydrogens is 332 g/mol. The second-order valence-electron chi connectivity index (χ2n) is 5.82. The van der Waals surface area contributed by atoms with Crippen molar-refractivity contribution in [3.8, 4) is 11.5 Å². The number of carbonyl (C=O) groups is 1. The second kappa shape index (κ2) is 9.46. The van der Waals surface area contributed by atoms with Gasteiger partial charge in [-0.2, -0.15) is 0 Å². The second-order valence-corrected chi connectivity index (χ2v) is 5.82. The quantitative estimate of drug-likeness (QED) is 0.536. The van der Waals surface area contributed by atoms with E-state index in [9.17, 15) is 4.79 Å². The molecule has 1 amide bonds. The first-order valence-corrected chi connectivity index (χ1v) is 8.31. The number of hydrogen-bond acceptors (Lipinski definition) is 5. The lowest BCUT2D eigenvalue weighted by Crippen LogP contribution is -2.39. The molecule has 0 fully saturated rings. The zero-order valence-corrected chi connectivity index (χ0v) is 15.5. The number of carbonyl (C=O) groups excluding carboxylic acids is 1. The van der Waals surface area contributed by atoms with Crippen LogP contribution in [0.25, 0.3) is 0 Å². The third kappa shape index (κ3) is 4.99. The fraction of sp³-hybridized carbons (Fsp3) is 0.300. The molecule has 26 heavy (non-hydrogen) atoms. The van der Waals surface area contributed by atoms with Gasteiger partial charge < -0.3 is 19.2 Å². The molecule has 0 radical (unpaired) electrons. The number of ether oxygens (including phenoxy) is 2. The number of methoxy groups -OCH3 is 2. The van der Waals surface area contributed by atoms with Gasteiger partial charge in [-0.15, -0.1) is 0 Å². The van der Waals surface area contributed by atoms with Gasteiger partial charge in [-0.05, 0) is 44.2 Å². The standard InChI is InChI=1S/C20H24N2O4/c1-15(2)22(17-8-6-5-7-9-17)20(23)14-26-21-13-16-10-11-18(24-3)19(12-16)25-4/h5-13,15H,14H2,1-4H3/b21-13-. The number of amides is 1. The average molecular weight is 356 g/mol. The van der Waals surface area contributed by atoms with E-state index < -0.39 is 0 Å². The molecule has 138 valence electrons. The highest BCUT2D eigenvalue weighted by molar-refractivity contribution is 5.94. The van der Waals surface area contributed by atoms with Gasteiger partial charge >= 0.3 is 0 Å². The molecule has 0 aliphatic carbocycles. The average Bonchev–Trinajstić information content (AvgIpc) is 2.65. The van der Waals surface area contributed by atoms with Crippen LogP contribution in [0.3, 0.4) is 0 Å². The molecule has 0 heterocycles. The Bertz CT molecular complexity index is 745. The first kappa shape index (κ1) is 19.3. The van der Waals surface area contributed by atoms with E-state index in [1.54, 1.807) is 31.3 Å². The molecule has 6 nitrogen and oxygen atoms in total. The molecule has 0 spiro atoms. The van der Waals surface area contributed by atoms with Gasteiger partial charge in [-0.1, -0.05) is 23.4 Å².